The van der Waals surface area contributed by atoms with Gasteiger partial charge in [-0.3, -0.25) is 19.6 Å². The number of allylic oxidation sites excluding steroid dienone is 2. The molecule has 0 aromatic heterocycles. The normalized spacial score (nSPS) is 14.5. The summed E-state index contributed by atoms with van der Waals surface area (Å²) >= 11 is 0. The largest absolute Gasteiger partial charge is 0.505 e. The van der Waals surface area contributed by atoms with Crippen molar-refractivity contribution in [2.75, 3.05) is 6.54 Å². The number of rotatable bonds is 7. The molecule has 0 fully saturated rings. The van der Waals surface area contributed by atoms with Crippen LogP contribution in [0.25, 0.3) is 5.76 Å². The minimum atomic E-state index is -1.19. The number of carboxylic acid groups (broad SMARTS) is 1. The lowest BCUT2D eigenvalue weighted by Gasteiger charge is -2.29. The molecule has 28 heavy (non-hydrogen) atoms. The first-order valence-electron chi connectivity index (χ1n) is 8.57. The van der Waals surface area contributed by atoms with Crippen molar-refractivity contribution in [1.29, 1.82) is 0 Å². The molecule has 0 unspecified atom stereocenters. The molecule has 0 spiro atoms. The van der Waals surface area contributed by atoms with Crippen LogP contribution in [0.2, 0.25) is 0 Å². The van der Waals surface area contributed by atoms with E-state index in [4.69, 9.17) is 5.11 Å². The van der Waals surface area contributed by atoms with Gasteiger partial charge in [-0.15, -0.1) is 0 Å². The van der Waals surface area contributed by atoms with Crippen LogP contribution in [0.15, 0.2) is 58.9 Å². The Morgan fingerprint density at radius 3 is 2.71 bits per heavy atom. The zero-order valence-corrected chi connectivity index (χ0v) is 15.7. The zero-order valence-electron chi connectivity index (χ0n) is 15.7. The molecule has 0 saturated carbocycles. The number of aliphatic hydroxyl groups is 1. The van der Waals surface area contributed by atoms with Gasteiger partial charge in [-0.25, -0.2) is 0 Å². The third-order valence-electron chi connectivity index (χ3n) is 3.92. The summed E-state index contributed by atoms with van der Waals surface area (Å²) in [5.41, 5.74) is 2.50. The summed E-state index contributed by atoms with van der Waals surface area (Å²) in [4.78, 5) is 27.5. The van der Waals surface area contributed by atoms with Crippen molar-refractivity contribution < 1.29 is 19.8 Å². The maximum absolute atomic E-state index is 12.5. The zero-order chi connectivity index (χ0) is 20.7. The highest BCUT2D eigenvalue weighted by Crippen LogP contribution is 2.33. The van der Waals surface area contributed by atoms with Gasteiger partial charge in [-0.05, 0) is 25.5 Å². The van der Waals surface area contributed by atoms with Gasteiger partial charge in [0.2, 0.25) is 0 Å². The highest BCUT2D eigenvalue weighted by molar-refractivity contribution is 6.11. The summed E-state index contributed by atoms with van der Waals surface area (Å²) < 4.78 is 0. The standard InChI is InChI=1S/C20H22N4O4/c1-4-8-16(21-5-2)13-9-7-10-14-15(13)12-24(23-6-3)18(19(14)27)20(28)22-11-17(25)26/h4-10,27H,2,11-12H2,1,3H3,(H,22,28)(H,25,26)/b8-4-,21-16?,23-6-. The molecule has 1 heterocycles. The Kier molecular flexibility index (Phi) is 6.86. The number of aliphatic hydroxyl groups excluding tert-OH is 1. The minimum Gasteiger partial charge on any atom is -0.505 e. The lowest BCUT2D eigenvalue weighted by Crippen LogP contribution is -2.38. The average Bonchev–Trinajstić information content (AvgIpc) is 2.66. The molecule has 0 atom stereocenters. The fraction of sp³-hybridized carbons (Fsp3) is 0.200. The highest BCUT2D eigenvalue weighted by Gasteiger charge is 2.31. The third-order valence-corrected chi connectivity index (χ3v) is 3.92. The van der Waals surface area contributed by atoms with Crippen LogP contribution in [0.3, 0.4) is 0 Å². The number of aliphatic carboxylic acids is 1. The van der Waals surface area contributed by atoms with Crippen LogP contribution in [0.4, 0.5) is 0 Å². The summed E-state index contributed by atoms with van der Waals surface area (Å²) in [5.74, 6) is -2.20. The van der Waals surface area contributed by atoms with Crippen LogP contribution in [-0.2, 0) is 16.1 Å². The van der Waals surface area contributed by atoms with E-state index in [-0.39, 0.29) is 18.0 Å². The summed E-state index contributed by atoms with van der Waals surface area (Å²) in [6.45, 7) is 6.81. The van der Waals surface area contributed by atoms with Gasteiger partial charge < -0.3 is 15.5 Å². The predicted octanol–water partition coefficient (Wildman–Crippen LogP) is 2.44. The van der Waals surface area contributed by atoms with Crippen molar-refractivity contribution in [3.8, 4) is 0 Å². The van der Waals surface area contributed by atoms with E-state index in [1.165, 1.54) is 17.4 Å². The van der Waals surface area contributed by atoms with E-state index in [1.54, 1.807) is 19.1 Å². The molecule has 1 aromatic carbocycles. The van der Waals surface area contributed by atoms with Crippen molar-refractivity contribution in [2.24, 2.45) is 10.1 Å². The maximum atomic E-state index is 12.5. The van der Waals surface area contributed by atoms with Crippen LogP contribution >= 0.6 is 0 Å². The molecule has 3 N–H and O–H groups in total. The van der Waals surface area contributed by atoms with E-state index in [2.05, 4.69) is 22.0 Å². The number of nitrogens with zero attached hydrogens (tertiary/aromatic N) is 3. The molecular weight excluding hydrogens is 360 g/mol. The predicted molar refractivity (Wildman–Crippen MR) is 108 cm³/mol. The first-order valence-corrected chi connectivity index (χ1v) is 8.57. The first kappa shape index (κ1) is 20.6. The maximum Gasteiger partial charge on any atom is 0.322 e. The van der Waals surface area contributed by atoms with Crippen LogP contribution in [-0.4, -0.2) is 45.6 Å². The number of carbonyl (C=O) groups is 2. The average molecular weight is 382 g/mol. The number of nitrogens with one attached hydrogen (secondary N) is 1. The second kappa shape index (κ2) is 9.31. The molecule has 0 bridgehead atoms. The van der Waals surface area contributed by atoms with Gasteiger partial charge in [0.15, 0.2) is 11.5 Å². The van der Waals surface area contributed by atoms with Gasteiger partial charge in [-0.1, -0.05) is 30.9 Å². The van der Waals surface area contributed by atoms with Gasteiger partial charge in [0.05, 0.1) is 12.3 Å². The minimum absolute atomic E-state index is 0.114. The summed E-state index contributed by atoms with van der Waals surface area (Å²) in [6.07, 6.45) is 6.57. The number of benzene rings is 1. The van der Waals surface area contributed by atoms with Crippen molar-refractivity contribution >= 4 is 29.6 Å². The van der Waals surface area contributed by atoms with Gasteiger partial charge in [0.25, 0.3) is 5.91 Å². The molecule has 8 nitrogen and oxygen atoms in total. The van der Waals surface area contributed by atoms with E-state index in [9.17, 15) is 14.7 Å². The Bertz CT molecular complexity index is 913. The van der Waals surface area contributed by atoms with E-state index < -0.39 is 18.4 Å². The van der Waals surface area contributed by atoms with Crippen LogP contribution in [0.5, 0.6) is 0 Å². The number of fused-ring (bicyclic) bond motifs is 1. The fourth-order valence-corrected chi connectivity index (χ4v) is 2.86. The molecule has 2 rings (SSSR count). The molecule has 8 heteroatoms. The number of carbonyl (C=O) groups excluding carboxylic acids is 1. The molecule has 0 aliphatic carbocycles. The van der Waals surface area contributed by atoms with E-state index >= 15 is 0 Å². The van der Waals surface area contributed by atoms with Crippen LogP contribution < -0.4 is 5.32 Å². The Hall–Kier alpha value is -3.68. The lowest BCUT2D eigenvalue weighted by molar-refractivity contribution is -0.137. The van der Waals surface area contributed by atoms with Crippen LogP contribution in [0, 0.1) is 0 Å². The molecule has 1 aliphatic rings. The highest BCUT2D eigenvalue weighted by atomic mass is 16.4. The summed E-state index contributed by atoms with van der Waals surface area (Å²) in [7, 11) is 0. The summed E-state index contributed by atoms with van der Waals surface area (Å²) in [6, 6.07) is 5.29. The number of hydrogen-bond acceptors (Lipinski definition) is 6. The van der Waals surface area contributed by atoms with E-state index in [0.717, 1.165) is 11.1 Å². The Morgan fingerprint density at radius 1 is 1.36 bits per heavy atom. The third kappa shape index (κ3) is 4.35. The quantitative estimate of drug-likeness (QED) is 0.627. The van der Waals surface area contributed by atoms with Gasteiger partial charge in [-0.2, -0.15) is 5.10 Å². The van der Waals surface area contributed by atoms with Gasteiger partial charge >= 0.3 is 5.97 Å². The smallest absolute Gasteiger partial charge is 0.322 e. The molecule has 0 saturated heterocycles. The monoisotopic (exact) mass is 382 g/mol. The Balaban J connectivity index is 2.63. The molecule has 0 radical (unpaired) electrons. The number of aliphatic imine (C=N–C) groups is 1. The SMILES string of the molecule is C=CN=C(/C=C\C)c1cccc2c1CN(/N=C\C)C(C(=O)NCC(=O)O)=C2O. The second-order valence-corrected chi connectivity index (χ2v) is 5.73. The molecule has 1 aliphatic heterocycles. The number of hydrazone groups is 1. The fourth-order valence-electron chi connectivity index (χ4n) is 2.86. The summed E-state index contributed by atoms with van der Waals surface area (Å²) in [5, 5.41) is 27.3. The van der Waals surface area contributed by atoms with Gasteiger partial charge in [0.1, 0.15) is 6.54 Å². The Morgan fingerprint density at radius 2 is 2.11 bits per heavy atom. The topological polar surface area (TPSA) is 115 Å². The van der Waals surface area contributed by atoms with Crippen LogP contribution in [0.1, 0.15) is 30.5 Å². The number of amides is 1. The van der Waals surface area contributed by atoms with Crippen molar-refractivity contribution in [1.82, 2.24) is 10.3 Å². The van der Waals surface area contributed by atoms with Crippen molar-refractivity contribution in [3.63, 3.8) is 0 Å². The molecular formula is C20H22N4O4. The molecule has 146 valence electrons. The number of hydrogen-bond donors (Lipinski definition) is 3. The lowest BCUT2D eigenvalue weighted by atomic mass is 9.92. The van der Waals surface area contributed by atoms with Crippen molar-refractivity contribution in [2.45, 2.75) is 20.4 Å². The Labute approximate surface area is 162 Å². The number of carboxylic acids is 1. The van der Waals surface area contributed by atoms with Gasteiger partial charge in [0, 0.05) is 23.5 Å². The molecule has 1 amide bonds. The molecule has 1 aromatic rings. The van der Waals surface area contributed by atoms with E-state index in [0.29, 0.717) is 11.3 Å². The van der Waals surface area contributed by atoms with Crippen molar-refractivity contribution in [3.05, 3.63) is 65.5 Å². The first-order chi connectivity index (χ1) is 13.4. The van der Waals surface area contributed by atoms with E-state index in [1.807, 2.05) is 25.1 Å². The second-order valence-electron chi connectivity index (χ2n) is 5.73.